The molecule has 0 N–H and O–H groups in total. The highest BCUT2D eigenvalue weighted by Crippen LogP contribution is 2.31. The number of hydrogen-bond donors (Lipinski definition) is 0. The third kappa shape index (κ3) is 6.01. The Balaban J connectivity index is 1.67. The monoisotopic (exact) mass is 531 g/mol. The Morgan fingerprint density at radius 1 is 0.632 bits per heavy atom. The number of nitrogens with zero attached hydrogens (tertiary/aromatic N) is 1. The molecule has 4 aromatic rings. The fourth-order valence-corrected chi connectivity index (χ4v) is 5.74. The summed E-state index contributed by atoms with van der Waals surface area (Å²) in [5.41, 5.74) is 1.86. The van der Waals surface area contributed by atoms with Gasteiger partial charge in [-0.2, -0.15) is 4.31 Å². The first kappa shape index (κ1) is 26.4. The number of para-hydroxylation sites is 2. The molecule has 0 atom stereocenters. The number of benzene rings is 4. The molecule has 9 heteroatoms. The number of aryl methyl sites for hydroxylation is 3. The van der Waals surface area contributed by atoms with Gasteiger partial charge >= 0.3 is 12.2 Å². The van der Waals surface area contributed by atoms with Crippen LogP contribution in [-0.2, 0) is 10.0 Å². The van der Waals surface area contributed by atoms with Gasteiger partial charge in [0.25, 0.3) is 10.0 Å². The van der Waals surface area contributed by atoms with E-state index >= 15 is 0 Å². The molecule has 8 nitrogen and oxygen atoms in total. The lowest BCUT2D eigenvalue weighted by Gasteiger charge is -2.24. The standard InChI is InChI=1S/C29H25NO7S/c1-20-18-21(2)27(22(3)19-20)38(33,34)30(28(31)35-24-10-6-4-7-11-24)23-14-16-26(17-15-23)37-29(32)36-25-12-8-5-9-13-25/h4-19H,1-3H3. The molecule has 4 rings (SSSR count). The average molecular weight is 532 g/mol. The molecule has 0 aromatic heterocycles. The van der Waals surface area contributed by atoms with Gasteiger partial charge in [0.15, 0.2) is 0 Å². The fraction of sp³-hybridized carbons (Fsp3) is 0.103. The summed E-state index contributed by atoms with van der Waals surface area (Å²) in [5, 5.41) is 0. The van der Waals surface area contributed by atoms with Crippen LogP contribution in [0.25, 0.3) is 0 Å². The predicted octanol–water partition coefficient (Wildman–Crippen LogP) is 6.58. The first-order valence-corrected chi connectivity index (χ1v) is 13.0. The third-order valence-electron chi connectivity index (χ3n) is 5.43. The van der Waals surface area contributed by atoms with Gasteiger partial charge in [0.1, 0.15) is 17.2 Å². The number of hydrogen-bond acceptors (Lipinski definition) is 7. The van der Waals surface area contributed by atoms with Crippen LogP contribution >= 0.6 is 0 Å². The van der Waals surface area contributed by atoms with Crippen molar-refractivity contribution in [3.8, 4) is 17.2 Å². The average Bonchev–Trinajstić information content (AvgIpc) is 2.85. The Morgan fingerprint density at radius 3 is 1.58 bits per heavy atom. The van der Waals surface area contributed by atoms with Crippen LogP contribution in [0, 0.1) is 20.8 Å². The number of amides is 1. The van der Waals surface area contributed by atoms with Crippen LogP contribution in [0.15, 0.2) is 102 Å². The molecule has 38 heavy (non-hydrogen) atoms. The second-order valence-electron chi connectivity index (χ2n) is 8.44. The minimum absolute atomic E-state index is 0.000114. The number of ether oxygens (including phenoxy) is 3. The molecule has 0 bridgehead atoms. The number of carbonyl (C=O) groups excluding carboxylic acids is 2. The van der Waals surface area contributed by atoms with E-state index in [2.05, 4.69) is 0 Å². The quantitative estimate of drug-likeness (QED) is 0.205. The molecule has 0 fully saturated rings. The molecule has 0 unspecified atom stereocenters. The first-order chi connectivity index (χ1) is 18.1. The summed E-state index contributed by atoms with van der Waals surface area (Å²) in [6, 6.07) is 25.4. The fourth-order valence-electron chi connectivity index (χ4n) is 3.99. The lowest BCUT2D eigenvalue weighted by atomic mass is 10.1. The SMILES string of the molecule is Cc1cc(C)c(S(=O)(=O)N(C(=O)Oc2ccccc2)c2ccc(OC(=O)Oc3ccccc3)cc2)c(C)c1. The number of anilines is 1. The molecular weight excluding hydrogens is 506 g/mol. The van der Waals surface area contributed by atoms with Crippen molar-refractivity contribution in [1.82, 2.24) is 0 Å². The molecule has 4 aromatic carbocycles. The van der Waals surface area contributed by atoms with Gasteiger partial charge in [-0.1, -0.05) is 54.1 Å². The first-order valence-electron chi connectivity index (χ1n) is 11.6. The van der Waals surface area contributed by atoms with Crippen molar-refractivity contribution in [3.63, 3.8) is 0 Å². The molecule has 194 valence electrons. The minimum Gasteiger partial charge on any atom is -0.409 e. The van der Waals surface area contributed by atoms with Crippen molar-refractivity contribution in [1.29, 1.82) is 0 Å². The summed E-state index contributed by atoms with van der Waals surface area (Å²) >= 11 is 0. The van der Waals surface area contributed by atoms with Crippen molar-refractivity contribution in [2.75, 3.05) is 4.31 Å². The summed E-state index contributed by atoms with van der Waals surface area (Å²) in [5.74, 6) is 0.573. The predicted molar refractivity (Wildman–Crippen MR) is 142 cm³/mol. The molecule has 1 amide bonds. The van der Waals surface area contributed by atoms with Gasteiger partial charge in [-0.3, -0.25) is 0 Å². The highest BCUT2D eigenvalue weighted by Gasteiger charge is 2.35. The van der Waals surface area contributed by atoms with E-state index in [1.165, 1.54) is 24.3 Å². The van der Waals surface area contributed by atoms with E-state index in [1.54, 1.807) is 86.6 Å². The van der Waals surface area contributed by atoms with Crippen LogP contribution < -0.4 is 18.5 Å². The Kier molecular flexibility index (Phi) is 7.78. The molecule has 0 aliphatic rings. The van der Waals surface area contributed by atoms with Gasteiger partial charge in [0.05, 0.1) is 10.6 Å². The van der Waals surface area contributed by atoms with Gasteiger partial charge in [-0.05, 0) is 80.4 Å². The van der Waals surface area contributed by atoms with Crippen molar-refractivity contribution in [2.24, 2.45) is 0 Å². The Hall–Kier alpha value is -4.63. The van der Waals surface area contributed by atoms with Gasteiger partial charge in [0, 0.05) is 0 Å². The van der Waals surface area contributed by atoms with Crippen molar-refractivity contribution in [2.45, 2.75) is 25.7 Å². The molecule has 0 saturated heterocycles. The highest BCUT2D eigenvalue weighted by atomic mass is 32.2. The Morgan fingerprint density at radius 2 is 1.08 bits per heavy atom. The van der Waals surface area contributed by atoms with E-state index in [4.69, 9.17) is 14.2 Å². The topological polar surface area (TPSA) is 99.2 Å². The second-order valence-corrected chi connectivity index (χ2v) is 10.2. The van der Waals surface area contributed by atoms with Crippen LogP contribution in [0.3, 0.4) is 0 Å². The van der Waals surface area contributed by atoms with Gasteiger partial charge in [-0.15, -0.1) is 0 Å². The zero-order chi connectivity index (χ0) is 27.3. The molecule has 0 aliphatic heterocycles. The third-order valence-corrected chi connectivity index (χ3v) is 7.43. The second kappa shape index (κ2) is 11.2. The largest absolute Gasteiger partial charge is 0.519 e. The van der Waals surface area contributed by atoms with Crippen LogP contribution in [0.5, 0.6) is 17.2 Å². The Bertz CT molecular complexity index is 1530. The maximum absolute atomic E-state index is 13.9. The molecular formula is C29H25NO7S. The summed E-state index contributed by atoms with van der Waals surface area (Å²) in [6.07, 6.45) is -2.09. The highest BCUT2D eigenvalue weighted by molar-refractivity contribution is 7.93. The molecule has 0 heterocycles. The molecule has 0 aliphatic carbocycles. The number of sulfonamides is 1. The normalized spacial score (nSPS) is 10.9. The molecule has 0 spiro atoms. The maximum atomic E-state index is 13.9. The van der Waals surface area contributed by atoms with E-state index in [9.17, 15) is 18.0 Å². The van der Waals surface area contributed by atoms with E-state index in [1.807, 2.05) is 6.92 Å². The van der Waals surface area contributed by atoms with E-state index in [-0.39, 0.29) is 22.1 Å². The molecule has 0 radical (unpaired) electrons. The molecule has 0 saturated carbocycles. The lowest BCUT2D eigenvalue weighted by molar-refractivity contribution is 0.152. The summed E-state index contributed by atoms with van der Waals surface area (Å²) < 4.78 is 44.1. The van der Waals surface area contributed by atoms with E-state index in [0.717, 1.165) is 5.56 Å². The van der Waals surface area contributed by atoms with Crippen molar-refractivity contribution < 1.29 is 32.2 Å². The van der Waals surface area contributed by atoms with Crippen molar-refractivity contribution in [3.05, 3.63) is 114 Å². The zero-order valence-electron chi connectivity index (χ0n) is 21.0. The summed E-state index contributed by atoms with van der Waals surface area (Å²) in [7, 11) is -4.40. The number of carbonyl (C=O) groups is 2. The van der Waals surface area contributed by atoms with Crippen LogP contribution in [0.1, 0.15) is 16.7 Å². The van der Waals surface area contributed by atoms with Crippen LogP contribution in [0.4, 0.5) is 15.3 Å². The van der Waals surface area contributed by atoms with Gasteiger partial charge in [0.2, 0.25) is 0 Å². The summed E-state index contributed by atoms with van der Waals surface area (Å²) in [6.45, 7) is 5.20. The van der Waals surface area contributed by atoms with Gasteiger partial charge < -0.3 is 14.2 Å². The van der Waals surface area contributed by atoms with E-state index < -0.39 is 22.3 Å². The zero-order valence-corrected chi connectivity index (χ0v) is 21.8. The summed E-state index contributed by atoms with van der Waals surface area (Å²) in [4.78, 5) is 25.4. The smallest absolute Gasteiger partial charge is 0.409 e. The lowest BCUT2D eigenvalue weighted by Crippen LogP contribution is -2.39. The minimum atomic E-state index is -4.40. The van der Waals surface area contributed by atoms with Gasteiger partial charge in [-0.25, -0.2) is 18.0 Å². The Labute approximate surface area is 221 Å². The van der Waals surface area contributed by atoms with Crippen LogP contribution in [0.2, 0.25) is 0 Å². The van der Waals surface area contributed by atoms with E-state index in [0.29, 0.717) is 21.2 Å². The van der Waals surface area contributed by atoms with Crippen molar-refractivity contribution >= 4 is 28.0 Å². The maximum Gasteiger partial charge on any atom is 0.519 e. The number of rotatable bonds is 6. The van der Waals surface area contributed by atoms with Crippen LogP contribution in [-0.4, -0.2) is 20.7 Å².